The van der Waals surface area contributed by atoms with Crippen LogP contribution in [-0.4, -0.2) is 136 Å². The number of rotatable bonds is 11. The van der Waals surface area contributed by atoms with Crippen LogP contribution in [-0.2, 0) is 38.0 Å². The highest BCUT2D eigenvalue weighted by Crippen LogP contribution is 2.48. The first-order chi connectivity index (χ1) is 25.2. The van der Waals surface area contributed by atoms with Gasteiger partial charge in [-0.2, -0.15) is 0 Å². The van der Waals surface area contributed by atoms with Gasteiger partial charge < -0.3 is 53.6 Å². The molecule has 4 aliphatic heterocycles. The summed E-state index contributed by atoms with van der Waals surface area (Å²) in [7, 11) is 1.51. The summed E-state index contributed by atoms with van der Waals surface area (Å²) in [5.74, 6) is 2.79. The van der Waals surface area contributed by atoms with Crippen molar-refractivity contribution in [2.75, 3.05) is 20.2 Å². The van der Waals surface area contributed by atoms with E-state index in [9.17, 15) is 25.2 Å². The zero-order chi connectivity index (χ0) is 40.5. The third kappa shape index (κ3) is 8.82. The van der Waals surface area contributed by atoms with Gasteiger partial charge in [0.15, 0.2) is 12.6 Å². The highest BCUT2D eigenvalue weighted by atomic mass is 16.7. The number of terminal acetylenes is 2. The van der Waals surface area contributed by atoms with Gasteiger partial charge in [-0.25, -0.2) is 0 Å². The Bertz CT molecular complexity index is 1410. The third-order valence-electron chi connectivity index (χ3n) is 12.3. The van der Waals surface area contributed by atoms with Crippen molar-refractivity contribution in [3.8, 4) is 24.7 Å². The maximum absolute atomic E-state index is 14.4. The summed E-state index contributed by atoms with van der Waals surface area (Å²) < 4.78 is 45.0. The number of fused-ring (bicyclic) bond motifs is 2. The predicted octanol–water partition coefficient (Wildman–Crippen LogP) is 2.90. The number of methoxy groups -OCH3 is 1. The molecule has 0 aromatic heterocycles. The Morgan fingerprint density at radius 1 is 1.06 bits per heavy atom. The van der Waals surface area contributed by atoms with Crippen LogP contribution in [0, 0.1) is 42.4 Å². The lowest BCUT2D eigenvalue weighted by Crippen LogP contribution is -2.60. The number of aliphatic hydroxyl groups is 4. The van der Waals surface area contributed by atoms with Crippen LogP contribution in [0.2, 0.25) is 0 Å². The smallest absolute Gasteiger partial charge is 0.311 e. The second kappa shape index (κ2) is 17.5. The quantitative estimate of drug-likeness (QED) is 0.180. The summed E-state index contributed by atoms with van der Waals surface area (Å²) in [5, 5.41) is 45.6. The van der Waals surface area contributed by atoms with Gasteiger partial charge in [0.05, 0.1) is 54.9 Å². The first-order valence-corrected chi connectivity index (χ1v) is 19.3. The Morgan fingerprint density at radius 2 is 1.69 bits per heavy atom. The molecule has 306 valence electrons. The van der Waals surface area contributed by atoms with E-state index in [1.165, 1.54) is 14.0 Å². The van der Waals surface area contributed by atoms with Gasteiger partial charge in [0, 0.05) is 31.9 Å². The summed E-state index contributed by atoms with van der Waals surface area (Å²) in [6.07, 6.45) is 3.13. The molecule has 4 N–H and O–H groups in total. The molecule has 54 heavy (non-hydrogen) atoms. The SMILES string of the molecule is C#CCN(CC#C)C1CC(C)O[C@@H](O[C@@H]2[C@@H](C)[C@H](O[C@H]3CC(C)(OC)[C@@H](O)C(C)O3)[C@@H](C)C(=O)O[C@@H]([C@](C)(O)[C@H](O)CC)[C@@H](C)C3=C(C)C[C@]2(C)O3)C1O. The van der Waals surface area contributed by atoms with Gasteiger partial charge in [-0.15, -0.1) is 12.8 Å². The number of ether oxygens (including phenoxy) is 7. The number of esters is 1. The number of cyclic esters (lactones) is 1. The van der Waals surface area contributed by atoms with Crippen molar-refractivity contribution >= 4 is 5.97 Å². The molecule has 2 bridgehead atoms. The minimum atomic E-state index is -1.85. The number of nitrogens with zero attached hydrogens (tertiary/aromatic N) is 1. The fraction of sp³-hybridized carbons (Fsp3) is 0.829. The molecule has 0 radical (unpaired) electrons. The Balaban J connectivity index is 1.84. The molecule has 13 nitrogen and oxygen atoms in total. The van der Waals surface area contributed by atoms with E-state index in [1.807, 2.05) is 32.6 Å². The molecule has 4 rings (SSSR count). The highest BCUT2D eigenvalue weighted by Gasteiger charge is 2.57. The monoisotopic (exact) mass is 763 g/mol. The molecule has 4 heterocycles. The normalized spacial score (nSPS) is 43.6. The fourth-order valence-corrected chi connectivity index (χ4v) is 9.10. The molecular formula is C41H65NO12. The summed E-state index contributed by atoms with van der Waals surface area (Å²) in [4.78, 5) is 16.2. The van der Waals surface area contributed by atoms with E-state index in [-0.39, 0.29) is 32.0 Å². The zero-order valence-electron chi connectivity index (χ0n) is 34.0. The number of hydrogen-bond donors (Lipinski definition) is 4. The lowest BCUT2D eigenvalue weighted by atomic mass is 9.78. The summed E-state index contributed by atoms with van der Waals surface area (Å²) in [6.45, 7) is 18.2. The van der Waals surface area contributed by atoms with E-state index >= 15 is 0 Å². The van der Waals surface area contributed by atoms with E-state index in [0.717, 1.165) is 5.57 Å². The van der Waals surface area contributed by atoms with Crippen LogP contribution in [0.25, 0.3) is 0 Å². The van der Waals surface area contributed by atoms with Crippen LogP contribution in [0.4, 0.5) is 0 Å². The van der Waals surface area contributed by atoms with Crippen molar-refractivity contribution in [3.63, 3.8) is 0 Å². The van der Waals surface area contributed by atoms with Crippen LogP contribution in [0.3, 0.4) is 0 Å². The highest BCUT2D eigenvalue weighted by molar-refractivity contribution is 5.73. The van der Waals surface area contributed by atoms with Crippen molar-refractivity contribution in [1.82, 2.24) is 4.90 Å². The van der Waals surface area contributed by atoms with Crippen molar-refractivity contribution in [1.29, 1.82) is 0 Å². The summed E-state index contributed by atoms with van der Waals surface area (Å²) in [5.41, 5.74) is -3.12. The van der Waals surface area contributed by atoms with Crippen molar-refractivity contribution < 1.29 is 58.4 Å². The van der Waals surface area contributed by atoms with Gasteiger partial charge in [0.25, 0.3) is 0 Å². The molecule has 0 spiro atoms. The first-order valence-electron chi connectivity index (χ1n) is 19.3. The number of aliphatic hydroxyl groups excluding tert-OH is 3. The molecule has 0 aliphatic carbocycles. The minimum absolute atomic E-state index is 0.144. The molecule has 0 amide bonds. The average Bonchev–Trinajstić information content (AvgIpc) is 3.43. The van der Waals surface area contributed by atoms with Gasteiger partial charge in [-0.3, -0.25) is 9.69 Å². The van der Waals surface area contributed by atoms with Crippen LogP contribution < -0.4 is 0 Å². The fourth-order valence-electron chi connectivity index (χ4n) is 9.10. The zero-order valence-corrected chi connectivity index (χ0v) is 34.0. The van der Waals surface area contributed by atoms with Crippen LogP contribution in [0.15, 0.2) is 11.3 Å². The van der Waals surface area contributed by atoms with Gasteiger partial charge in [0.2, 0.25) is 0 Å². The standard InChI is InChI=1S/C41H65NO12/c1-14-17-42(18-15-2)28-19-23(5)49-38(31(28)44)53-35-25(7)33(51-30-21-39(10,48-13)34(45)27(9)50-30)26(8)37(46)52-36(41(12,47)29(43)16-3)24(6)32-22(4)20-40(35,11)54-32/h1-2,23-31,33-36,38,43-45,47H,16-21H2,3-13H3/t23?,24-,25-,26+,27?,28?,29+,30-,31?,33-,34-,35+,36+,38-,39?,40-,41+/m0/s1. The molecular weight excluding hydrogens is 698 g/mol. The maximum Gasteiger partial charge on any atom is 0.311 e. The molecule has 3 saturated heterocycles. The van der Waals surface area contributed by atoms with Crippen molar-refractivity contribution in [2.24, 2.45) is 17.8 Å². The van der Waals surface area contributed by atoms with Crippen LogP contribution in [0.5, 0.6) is 0 Å². The molecule has 3 fully saturated rings. The van der Waals surface area contributed by atoms with Gasteiger partial charge in [-0.05, 0) is 66.9 Å². The molecule has 0 saturated carbocycles. The molecule has 13 heteroatoms. The van der Waals surface area contributed by atoms with Crippen LogP contribution >= 0.6 is 0 Å². The van der Waals surface area contributed by atoms with E-state index < -0.39 is 102 Å². The lowest BCUT2D eigenvalue weighted by Gasteiger charge is -2.48. The lowest BCUT2D eigenvalue weighted by molar-refractivity contribution is -0.316. The number of carbonyl (C=O) groups is 1. The first kappa shape index (κ1) is 44.4. The van der Waals surface area contributed by atoms with E-state index in [1.54, 1.807) is 34.6 Å². The van der Waals surface area contributed by atoms with Gasteiger partial charge in [0.1, 0.15) is 41.4 Å². The molecule has 0 aromatic rings. The van der Waals surface area contributed by atoms with Crippen molar-refractivity contribution in [2.45, 2.75) is 179 Å². The Labute approximate surface area is 322 Å². The Kier molecular flexibility index (Phi) is 14.4. The largest absolute Gasteiger partial charge is 0.488 e. The minimum Gasteiger partial charge on any atom is -0.488 e. The number of hydrogen-bond acceptors (Lipinski definition) is 13. The average molecular weight is 764 g/mol. The van der Waals surface area contributed by atoms with E-state index in [0.29, 0.717) is 18.6 Å². The van der Waals surface area contributed by atoms with Gasteiger partial charge in [-0.1, -0.05) is 32.6 Å². The molecule has 17 atom stereocenters. The van der Waals surface area contributed by atoms with Crippen LogP contribution in [0.1, 0.15) is 94.9 Å². The predicted molar refractivity (Wildman–Crippen MR) is 199 cm³/mol. The Morgan fingerprint density at radius 3 is 2.26 bits per heavy atom. The number of carbonyl (C=O) groups excluding carboxylic acids is 1. The van der Waals surface area contributed by atoms with E-state index in [2.05, 4.69) is 11.8 Å². The molecule has 4 aliphatic rings. The Hall–Kier alpha value is -2.27. The summed E-state index contributed by atoms with van der Waals surface area (Å²) >= 11 is 0. The topological polar surface area (TPSA) is 166 Å². The second-order valence-corrected chi connectivity index (χ2v) is 16.7. The molecule has 0 aromatic carbocycles. The maximum atomic E-state index is 14.4. The summed E-state index contributed by atoms with van der Waals surface area (Å²) in [6, 6.07) is -0.471. The van der Waals surface area contributed by atoms with E-state index in [4.69, 9.17) is 46.0 Å². The molecule has 5 unspecified atom stereocenters. The third-order valence-corrected chi connectivity index (χ3v) is 12.3. The second-order valence-electron chi connectivity index (χ2n) is 16.7. The van der Waals surface area contributed by atoms with Crippen molar-refractivity contribution in [3.05, 3.63) is 11.3 Å². The van der Waals surface area contributed by atoms with Gasteiger partial charge >= 0.3 is 5.97 Å².